The van der Waals surface area contributed by atoms with Gasteiger partial charge in [-0.2, -0.15) is 5.10 Å². The van der Waals surface area contributed by atoms with Crippen molar-refractivity contribution in [2.45, 2.75) is 25.2 Å². The number of hydrogen-bond acceptors (Lipinski definition) is 4. The molecule has 1 aliphatic rings. The molecular weight excluding hydrogens is 347 g/mol. The lowest BCUT2D eigenvalue weighted by molar-refractivity contribution is -0.118. The van der Waals surface area contributed by atoms with E-state index < -0.39 is 5.41 Å². The molecular formula is C20H19FN4O2. The van der Waals surface area contributed by atoms with Gasteiger partial charge in [-0.05, 0) is 31.9 Å². The van der Waals surface area contributed by atoms with Crippen LogP contribution in [0.4, 0.5) is 10.2 Å². The van der Waals surface area contributed by atoms with Gasteiger partial charge in [-0.1, -0.05) is 18.2 Å². The van der Waals surface area contributed by atoms with Crippen LogP contribution in [0.25, 0.3) is 5.69 Å². The van der Waals surface area contributed by atoms with E-state index in [2.05, 4.69) is 15.4 Å². The van der Waals surface area contributed by atoms with E-state index in [1.165, 1.54) is 6.07 Å². The zero-order chi connectivity index (χ0) is 18.9. The van der Waals surface area contributed by atoms with E-state index in [1.807, 2.05) is 6.92 Å². The second-order valence-corrected chi connectivity index (χ2v) is 6.45. The molecule has 27 heavy (non-hydrogen) atoms. The molecule has 2 heterocycles. The SMILES string of the molecule is CCOc1cc(-n2ccc(NC(=O)C3(c4ccccc4F)CC3)n2)ccn1. The minimum absolute atomic E-state index is 0.234. The third-order valence-electron chi connectivity index (χ3n) is 4.68. The Kier molecular flexibility index (Phi) is 4.35. The Balaban J connectivity index is 1.52. The number of nitrogens with one attached hydrogen (secondary N) is 1. The molecule has 0 radical (unpaired) electrons. The molecule has 1 amide bonds. The highest BCUT2D eigenvalue weighted by Gasteiger charge is 2.52. The lowest BCUT2D eigenvalue weighted by atomic mass is 9.94. The fraction of sp³-hybridized carbons (Fsp3) is 0.250. The van der Waals surface area contributed by atoms with Crippen LogP contribution in [0.3, 0.4) is 0 Å². The molecule has 138 valence electrons. The Morgan fingerprint density at radius 3 is 2.85 bits per heavy atom. The molecule has 7 heteroatoms. The van der Waals surface area contributed by atoms with Crippen LogP contribution in [0.5, 0.6) is 5.88 Å². The average Bonchev–Trinajstić information content (AvgIpc) is 3.35. The zero-order valence-corrected chi connectivity index (χ0v) is 14.9. The predicted molar refractivity (Wildman–Crippen MR) is 98.5 cm³/mol. The molecule has 0 unspecified atom stereocenters. The van der Waals surface area contributed by atoms with Crippen molar-refractivity contribution >= 4 is 11.7 Å². The van der Waals surface area contributed by atoms with Crippen LogP contribution in [0.2, 0.25) is 0 Å². The number of amides is 1. The fourth-order valence-electron chi connectivity index (χ4n) is 3.13. The number of pyridine rings is 1. The maximum absolute atomic E-state index is 14.1. The summed E-state index contributed by atoms with van der Waals surface area (Å²) >= 11 is 0. The molecule has 4 rings (SSSR count). The van der Waals surface area contributed by atoms with Crippen LogP contribution in [-0.4, -0.2) is 27.3 Å². The van der Waals surface area contributed by atoms with Crippen LogP contribution in [0.15, 0.2) is 54.9 Å². The van der Waals surface area contributed by atoms with Gasteiger partial charge in [-0.15, -0.1) is 0 Å². The van der Waals surface area contributed by atoms with Crippen molar-refractivity contribution in [1.82, 2.24) is 14.8 Å². The summed E-state index contributed by atoms with van der Waals surface area (Å²) in [5, 5.41) is 7.20. The minimum Gasteiger partial charge on any atom is -0.478 e. The monoisotopic (exact) mass is 366 g/mol. The number of halogens is 1. The van der Waals surface area contributed by atoms with Crippen molar-refractivity contribution < 1.29 is 13.9 Å². The number of carbonyl (C=O) groups excluding carboxylic acids is 1. The smallest absolute Gasteiger partial charge is 0.236 e. The molecule has 1 N–H and O–H groups in total. The highest BCUT2D eigenvalue weighted by molar-refractivity contribution is 6.00. The summed E-state index contributed by atoms with van der Waals surface area (Å²) in [5.41, 5.74) is 0.412. The van der Waals surface area contributed by atoms with Gasteiger partial charge in [-0.3, -0.25) is 4.79 Å². The second kappa shape index (κ2) is 6.83. The summed E-state index contributed by atoms with van der Waals surface area (Å²) in [5.74, 6) is 0.337. The molecule has 0 bridgehead atoms. The van der Waals surface area contributed by atoms with Gasteiger partial charge < -0.3 is 10.1 Å². The molecule has 1 saturated carbocycles. The van der Waals surface area contributed by atoms with Gasteiger partial charge in [0.05, 0.1) is 17.7 Å². The normalized spacial score (nSPS) is 14.6. The first-order chi connectivity index (χ1) is 13.1. The first kappa shape index (κ1) is 17.2. The van der Waals surface area contributed by atoms with Gasteiger partial charge in [0.15, 0.2) is 5.82 Å². The summed E-state index contributed by atoms with van der Waals surface area (Å²) in [6, 6.07) is 11.7. The van der Waals surface area contributed by atoms with Gasteiger partial charge >= 0.3 is 0 Å². The zero-order valence-electron chi connectivity index (χ0n) is 14.9. The van der Waals surface area contributed by atoms with Crippen LogP contribution >= 0.6 is 0 Å². The van der Waals surface area contributed by atoms with E-state index in [1.54, 1.807) is 53.5 Å². The number of nitrogens with zero attached hydrogens (tertiary/aromatic N) is 3. The van der Waals surface area contributed by atoms with Crippen LogP contribution in [0.1, 0.15) is 25.3 Å². The Labute approximate surface area is 156 Å². The van der Waals surface area contributed by atoms with Gasteiger partial charge in [-0.25, -0.2) is 14.1 Å². The summed E-state index contributed by atoms with van der Waals surface area (Å²) < 4.78 is 21.2. The van der Waals surface area contributed by atoms with Gasteiger partial charge in [0, 0.05) is 30.1 Å². The summed E-state index contributed by atoms with van der Waals surface area (Å²) in [7, 11) is 0. The lowest BCUT2D eigenvalue weighted by Crippen LogP contribution is -2.29. The van der Waals surface area contributed by atoms with Crippen LogP contribution in [-0.2, 0) is 10.2 Å². The molecule has 6 nitrogen and oxygen atoms in total. The van der Waals surface area contributed by atoms with Crippen molar-refractivity contribution in [3.63, 3.8) is 0 Å². The van der Waals surface area contributed by atoms with Crippen molar-refractivity contribution in [3.8, 4) is 11.6 Å². The third-order valence-corrected chi connectivity index (χ3v) is 4.68. The van der Waals surface area contributed by atoms with Gasteiger partial charge in [0.2, 0.25) is 11.8 Å². The number of anilines is 1. The van der Waals surface area contributed by atoms with Crippen molar-refractivity contribution in [2.24, 2.45) is 0 Å². The van der Waals surface area contributed by atoms with Crippen LogP contribution in [0, 0.1) is 5.82 Å². The number of hydrogen-bond donors (Lipinski definition) is 1. The van der Waals surface area contributed by atoms with Crippen molar-refractivity contribution in [3.05, 3.63) is 66.2 Å². The quantitative estimate of drug-likeness (QED) is 0.725. The van der Waals surface area contributed by atoms with E-state index >= 15 is 0 Å². The first-order valence-electron chi connectivity index (χ1n) is 8.84. The molecule has 2 aromatic heterocycles. The summed E-state index contributed by atoms with van der Waals surface area (Å²) in [6.45, 7) is 2.41. The van der Waals surface area contributed by atoms with E-state index in [4.69, 9.17) is 4.74 Å². The molecule has 3 aromatic rings. The van der Waals surface area contributed by atoms with E-state index in [0.29, 0.717) is 36.7 Å². The predicted octanol–water partition coefficient (Wildman–Crippen LogP) is 3.48. The van der Waals surface area contributed by atoms with Crippen molar-refractivity contribution in [1.29, 1.82) is 0 Å². The van der Waals surface area contributed by atoms with Crippen molar-refractivity contribution in [2.75, 3.05) is 11.9 Å². The number of aromatic nitrogens is 3. The van der Waals surface area contributed by atoms with E-state index in [-0.39, 0.29) is 11.7 Å². The number of rotatable bonds is 6. The molecule has 1 aromatic carbocycles. The maximum atomic E-state index is 14.1. The molecule has 0 atom stereocenters. The highest BCUT2D eigenvalue weighted by Crippen LogP contribution is 2.49. The number of benzene rings is 1. The first-order valence-corrected chi connectivity index (χ1v) is 8.84. The minimum atomic E-state index is -0.798. The molecule has 0 spiro atoms. The fourth-order valence-corrected chi connectivity index (χ4v) is 3.13. The van der Waals surface area contributed by atoms with Gasteiger partial charge in [0.1, 0.15) is 5.82 Å². The Morgan fingerprint density at radius 2 is 2.11 bits per heavy atom. The number of ether oxygens (including phenoxy) is 1. The Morgan fingerprint density at radius 1 is 1.30 bits per heavy atom. The lowest BCUT2D eigenvalue weighted by Gasteiger charge is -2.15. The average molecular weight is 366 g/mol. The maximum Gasteiger partial charge on any atom is 0.236 e. The summed E-state index contributed by atoms with van der Waals surface area (Å²) in [4.78, 5) is 16.9. The second-order valence-electron chi connectivity index (χ2n) is 6.45. The summed E-state index contributed by atoms with van der Waals surface area (Å²) in [6.07, 6.45) is 4.63. The van der Waals surface area contributed by atoms with Crippen LogP contribution < -0.4 is 10.1 Å². The topological polar surface area (TPSA) is 69.0 Å². The molecule has 1 fully saturated rings. The largest absolute Gasteiger partial charge is 0.478 e. The number of carbonyl (C=O) groups is 1. The molecule has 0 saturated heterocycles. The standard InChI is InChI=1S/C20H19FN4O2/c1-2-27-18-13-14(7-11-22-18)25-12-8-17(24-25)23-19(26)20(9-10-20)15-5-3-4-6-16(15)21/h3-8,11-13H,2,9-10H2,1H3,(H,23,24,26). The van der Waals surface area contributed by atoms with E-state index in [0.717, 1.165) is 5.69 Å². The van der Waals surface area contributed by atoms with E-state index in [9.17, 15) is 9.18 Å². The molecule has 0 aliphatic heterocycles. The Hall–Kier alpha value is -3.22. The highest BCUT2D eigenvalue weighted by atomic mass is 19.1. The van der Waals surface area contributed by atoms with Gasteiger partial charge in [0.25, 0.3) is 0 Å². The molecule has 1 aliphatic carbocycles. The Bertz CT molecular complexity index is 981. The third kappa shape index (κ3) is 3.28.